The third-order valence-electron chi connectivity index (χ3n) is 2.79. The van der Waals surface area contributed by atoms with Crippen LogP contribution < -0.4 is 5.56 Å². The molecule has 0 unspecified atom stereocenters. The number of hydrogen-bond donors (Lipinski definition) is 1. The number of pyridine rings is 1. The third-order valence-corrected chi connectivity index (χ3v) is 3.39. The lowest BCUT2D eigenvalue weighted by Crippen LogP contribution is -2.12. The number of nitrogens with one attached hydrogen (secondary N) is 1. The molecule has 5 heteroatoms. The molecule has 0 saturated carbocycles. The molecule has 2 aromatic rings. The number of rotatable bonds is 2. The van der Waals surface area contributed by atoms with Gasteiger partial charge in [0, 0.05) is 16.6 Å². The van der Waals surface area contributed by atoms with Gasteiger partial charge in [-0.25, -0.2) is 4.39 Å². The summed E-state index contributed by atoms with van der Waals surface area (Å²) in [5.74, 6) is -0.365. The second-order valence-corrected chi connectivity index (χ2v) is 4.68. The minimum atomic E-state index is -0.456. The van der Waals surface area contributed by atoms with Gasteiger partial charge in [-0.15, -0.1) is 0 Å². The van der Waals surface area contributed by atoms with Gasteiger partial charge in [0.05, 0.1) is 0 Å². The summed E-state index contributed by atoms with van der Waals surface area (Å²) in [6.45, 7) is 1.72. The molecule has 1 aromatic carbocycles. The van der Waals surface area contributed by atoms with Gasteiger partial charge >= 0.3 is 0 Å². The van der Waals surface area contributed by atoms with Crippen molar-refractivity contribution in [2.75, 3.05) is 0 Å². The van der Waals surface area contributed by atoms with Gasteiger partial charge < -0.3 is 4.98 Å². The van der Waals surface area contributed by atoms with Crippen molar-refractivity contribution in [2.24, 2.45) is 0 Å². The predicted molar refractivity (Wildman–Crippen MR) is 74.5 cm³/mol. The molecule has 0 aliphatic heterocycles. The zero-order valence-corrected chi connectivity index (χ0v) is 11.7. The van der Waals surface area contributed by atoms with E-state index in [1.807, 2.05) is 6.07 Å². The van der Waals surface area contributed by atoms with Crippen molar-refractivity contribution in [2.45, 2.75) is 12.3 Å². The normalized spacial score (nSPS) is 10.2. The van der Waals surface area contributed by atoms with Crippen LogP contribution in [-0.4, -0.2) is 4.98 Å². The number of halogens is 2. The van der Waals surface area contributed by atoms with E-state index in [2.05, 4.69) is 20.9 Å². The van der Waals surface area contributed by atoms with Crippen LogP contribution in [0.3, 0.4) is 0 Å². The summed E-state index contributed by atoms with van der Waals surface area (Å²) in [6.07, 6.45) is 0. The lowest BCUT2D eigenvalue weighted by Gasteiger charge is -2.07. The van der Waals surface area contributed by atoms with Crippen LogP contribution in [0.25, 0.3) is 11.1 Å². The average molecular weight is 321 g/mol. The number of nitrogens with zero attached hydrogens (tertiary/aromatic N) is 1. The van der Waals surface area contributed by atoms with Crippen molar-refractivity contribution in [3.8, 4) is 17.2 Å². The number of aromatic amines is 1. The van der Waals surface area contributed by atoms with Gasteiger partial charge in [0.25, 0.3) is 5.56 Å². The van der Waals surface area contributed by atoms with E-state index in [1.54, 1.807) is 25.1 Å². The Morgan fingerprint density at radius 3 is 2.74 bits per heavy atom. The molecule has 3 nitrogen and oxygen atoms in total. The van der Waals surface area contributed by atoms with E-state index in [-0.39, 0.29) is 11.4 Å². The fourth-order valence-corrected chi connectivity index (χ4v) is 2.31. The van der Waals surface area contributed by atoms with Crippen molar-refractivity contribution in [3.63, 3.8) is 0 Å². The maximum atomic E-state index is 13.8. The van der Waals surface area contributed by atoms with Crippen molar-refractivity contribution < 1.29 is 4.39 Å². The van der Waals surface area contributed by atoms with Gasteiger partial charge in [0.1, 0.15) is 17.4 Å². The molecule has 0 fully saturated rings. The van der Waals surface area contributed by atoms with Crippen LogP contribution in [0.1, 0.15) is 16.8 Å². The summed E-state index contributed by atoms with van der Waals surface area (Å²) in [4.78, 5) is 14.3. The Kier molecular flexibility index (Phi) is 3.82. The Balaban J connectivity index is 2.69. The van der Waals surface area contributed by atoms with E-state index in [4.69, 9.17) is 5.26 Å². The molecule has 1 heterocycles. The Morgan fingerprint density at radius 1 is 1.42 bits per heavy atom. The van der Waals surface area contributed by atoms with E-state index in [9.17, 15) is 9.18 Å². The third kappa shape index (κ3) is 2.59. The summed E-state index contributed by atoms with van der Waals surface area (Å²) < 4.78 is 13.8. The number of alkyl halides is 1. The quantitative estimate of drug-likeness (QED) is 0.863. The van der Waals surface area contributed by atoms with Gasteiger partial charge in [0.2, 0.25) is 0 Å². The Labute approximate surface area is 117 Å². The van der Waals surface area contributed by atoms with E-state index < -0.39 is 5.56 Å². The fraction of sp³-hybridized carbons (Fsp3) is 0.143. The first kappa shape index (κ1) is 13.5. The van der Waals surface area contributed by atoms with Crippen LogP contribution in [0.5, 0.6) is 0 Å². The summed E-state index contributed by atoms with van der Waals surface area (Å²) in [5, 5.41) is 9.47. The molecule has 0 aliphatic carbocycles. The molecule has 0 amide bonds. The van der Waals surface area contributed by atoms with Crippen LogP contribution in [0.15, 0.2) is 29.1 Å². The molecule has 2 rings (SSSR count). The van der Waals surface area contributed by atoms with Crippen molar-refractivity contribution >= 4 is 15.9 Å². The van der Waals surface area contributed by atoms with Crippen LogP contribution >= 0.6 is 15.9 Å². The SMILES string of the molecule is Cc1cc(-c2ccc(CBr)c(F)c2)c(C#N)c(=O)[nH]1. The number of nitriles is 1. The summed E-state index contributed by atoms with van der Waals surface area (Å²) in [5.41, 5.74) is 1.67. The minimum absolute atomic E-state index is 0.00316. The Bertz CT molecular complexity index is 731. The molecule has 0 atom stereocenters. The van der Waals surface area contributed by atoms with Crippen LogP contribution in [0.2, 0.25) is 0 Å². The van der Waals surface area contributed by atoms with Crippen LogP contribution in [0.4, 0.5) is 4.39 Å². The standard InChI is InChI=1S/C14H10BrFN2O/c1-8-4-11(12(7-17)14(19)18-8)9-2-3-10(6-15)13(16)5-9/h2-5H,6H2,1H3,(H,18,19). The molecular formula is C14H10BrFN2O. The van der Waals surface area contributed by atoms with Crippen molar-refractivity contribution in [3.05, 3.63) is 57.3 Å². The molecule has 0 radical (unpaired) electrons. The molecule has 19 heavy (non-hydrogen) atoms. The smallest absolute Gasteiger partial charge is 0.266 e. The molecule has 0 spiro atoms. The zero-order chi connectivity index (χ0) is 14.0. The molecule has 0 bridgehead atoms. The highest BCUT2D eigenvalue weighted by atomic mass is 79.9. The molecule has 0 saturated heterocycles. The predicted octanol–water partition coefficient (Wildman–Crippen LogP) is 3.26. The van der Waals surface area contributed by atoms with Crippen molar-refractivity contribution in [1.29, 1.82) is 5.26 Å². The highest BCUT2D eigenvalue weighted by Crippen LogP contribution is 2.24. The molecule has 1 N–H and O–H groups in total. The Morgan fingerprint density at radius 2 is 2.16 bits per heavy atom. The largest absolute Gasteiger partial charge is 0.325 e. The van der Waals surface area contributed by atoms with E-state index in [0.717, 1.165) is 0 Å². The maximum absolute atomic E-state index is 13.8. The highest BCUT2D eigenvalue weighted by Gasteiger charge is 2.12. The molecule has 1 aromatic heterocycles. The van der Waals surface area contributed by atoms with Gasteiger partial charge in [-0.05, 0) is 30.2 Å². The van der Waals surface area contributed by atoms with E-state index in [1.165, 1.54) is 6.07 Å². The number of aryl methyl sites for hydroxylation is 1. The molecule has 96 valence electrons. The van der Waals surface area contributed by atoms with Gasteiger partial charge in [-0.2, -0.15) is 5.26 Å². The zero-order valence-electron chi connectivity index (χ0n) is 10.1. The lowest BCUT2D eigenvalue weighted by atomic mass is 10.00. The Hall–Kier alpha value is -1.93. The first-order valence-electron chi connectivity index (χ1n) is 5.55. The fourth-order valence-electron chi connectivity index (χ4n) is 1.85. The number of aromatic nitrogens is 1. The summed E-state index contributed by atoms with van der Waals surface area (Å²) in [7, 11) is 0. The lowest BCUT2D eigenvalue weighted by molar-refractivity contribution is 0.618. The topological polar surface area (TPSA) is 56.6 Å². The minimum Gasteiger partial charge on any atom is -0.325 e. The molecular weight excluding hydrogens is 311 g/mol. The van der Waals surface area contributed by atoms with Gasteiger partial charge in [-0.1, -0.05) is 28.1 Å². The van der Waals surface area contributed by atoms with Gasteiger partial charge in [0.15, 0.2) is 0 Å². The van der Waals surface area contributed by atoms with Crippen LogP contribution in [0, 0.1) is 24.1 Å². The number of benzene rings is 1. The van der Waals surface area contributed by atoms with Gasteiger partial charge in [-0.3, -0.25) is 4.79 Å². The number of H-pyrrole nitrogens is 1. The van der Waals surface area contributed by atoms with E-state index in [0.29, 0.717) is 27.7 Å². The maximum Gasteiger partial charge on any atom is 0.266 e. The van der Waals surface area contributed by atoms with E-state index >= 15 is 0 Å². The first-order valence-corrected chi connectivity index (χ1v) is 6.67. The summed E-state index contributed by atoms with van der Waals surface area (Å²) >= 11 is 3.19. The monoisotopic (exact) mass is 320 g/mol. The second-order valence-electron chi connectivity index (χ2n) is 4.12. The summed E-state index contributed by atoms with van der Waals surface area (Å²) in [6, 6.07) is 8.21. The highest BCUT2D eigenvalue weighted by molar-refractivity contribution is 9.08. The first-order chi connectivity index (χ1) is 9.06. The average Bonchev–Trinajstić information content (AvgIpc) is 2.37. The second kappa shape index (κ2) is 5.37. The van der Waals surface area contributed by atoms with Crippen LogP contribution in [-0.2, 0) is 5.33 Å². The molecule has 0 aliphatic rings. The van der Waals surface area contributed by atoms with Crippen molar-refractivity contribution in [1.82, 2.24) is 4.98 Å². The number of hydrogen-bond acceptors (Lipinski definition) is 2.